The molecule has 4 aliphatic rings. The number of nitrogens with one attached hydrogen (secondary N) is 1. The Labute approximate surface area is 204 Å². The highest BCUT2D eigenvalue weighted by Crippen LogP contribution is 2.64. The number of amides is 2. The molecule has 0 aromatic heterocycles. The van der Waals surface area contributed by atoms with Crippen LogP contribution >= 0.6 is 0 Å². The number of alkyl carbamates (subject to hydrolysis) is 1. The molecule has 0 bridgehead atoms. The zero-order chi connectivity index (χ0) is 24.2. The van der Waals surface area contributed by atoms with Gasteiger partial charge in [0.05, 0.1) is 5.41 Å². The molecule has 3 fully saturated rings. The van der Waals surface area contributed by atoms with E-state index in [1.807, 2.05) is 29.2 Å². The summed E-state index contributed by atoms with van der Waals surface area (Å²) in [5, 5.41) is 12.0. The summed E-state index contributed by atoms with van der Waals surface area (Å²) in [6.07, 6.45) is 2.74. The lowest BCUT2D eigenvalue weighted by atomic mass is 9.98. The smallest absolute Gasteiger partial charge is 0.407 e. The highest BCUT2D eigenvalue weighted by molar-refractivity contribution is 5.87. The number of carbonyl (C=O) groups is 3. The Morgan fingerprint density at radius 3 is 2.40 bits per heavy atom. The lowest BCUT2D eigenvalue weighted by Gasteiger charge is -2.23. The number of hydrogen-bond acceptors (Lipinski definition) is 4. The molecule has 2 amide bonds. The molecule has 3 aliphatic carbocycles. The average Bonchev–Trinajstić information content (AvgIpc) is 3.16. The number of fused-ring (bicyclic) bond motifs is 4. The van der Waals surface area contributed by atoms with Crippen molar-refractivity contribution in [1.82, 2.24) is 10.2 Å². The lowest BCUT2D eigenvalue weighted by molar-refractivity contribution is -0.139. The quantitative estimate of drug-likeness (QED) is 0.659. The minimum absolute atomic E-state index is 0.0203. The van der Waals surface area contributed by atoms with Gasteiger partial charge in [-0.05, 0) is 59.8 Å². The molecule has 2 aromatic carbocycles. The molecule has 0 radical (unpaired) electrons. The van der Waals surface area contributed by atoms with Gasteiger partial charge in [0, 0.05) is 31.5 Å². The molecular weight excluding hydrogens is 444 g/mol. The number of aliphatic carboxylic acids is 1. The lowest BCUT2D eigenvalue weighted by Crippen LogP contribution is -2.39. The van der Waals surface area contributed by atoms with Crippen molar-refractivity contribution in [2.75, 3.05) is 19.7 Å². The molecule has 1 unspecified atom stereocenters. The van der Waals surface area contributed by atoms with Gasteiger partial charge in [0.1, 0.15) is 6.61 Å². The molecule has 6 rings (SSSR count). The van der Waals surface area contributed by atoms with Gasteiger partial charge in [0.25, 0.3) is 0 Å². The number of nitrogens with zero attached hydrogens (tertiary/aromatic N) is 1. The first-order valence-corrected chi connectivity index (χ1v) is 12.6. The SMILES string of the molecule is O=C(O)CC1CCN(C(=O)[C@@]23C[C@@H](NC(=O)OCC4c5ccccc5-c5ccccc54)C[C@@H]2C3)C1. The fourth-order valence-corrected chi connectivity index (χ4v) is 6.82. The van der Waals surface area contributed by atoms with E-state index in [1.54, 1.807) is 0 Å². The number of likely N-dealkylation sites (tertiary alicyclic amines) is 1. The second-order valence-electron chi connectivity index (χ2n) is 10.7. The molecular formula is C28H30N2O5. The highest BCUT2D eigenvalue weighted by Gasteiger charge is 2.66. The predicted octanol–water partition coefficient (Wildman–Crippen LogP) is 4.02. The summed E-state index contributed by atoms with van der Waals surface area (Å²) in [6.45, 7) is 1.44. The van der Waals surface area contributed by atoms with Crippen LogP contribution in [-0.2, 0) is 14.3 Å². The largest absolute Gasteiger partial charge is 0.481 e. The Kier molecular flexibility index (Phi) is 5.31. The zero-order valence-corrected chi connectivity index (χ0v) is 19.6. The van der Waals surface area contributed by atoms with Crippen LogP contribution in [0.15, 0.2) is 48.5 Å². The van der Waals surface area contributed by atoms with Gasteiger partial charge in [-0.15, -0.1) is 0 Å². The molecule has 35 heavy (non-hydrogen) atoms. The minimum Gasteiger partial charge on any atom is -0.481 e. The second kappa shape index (κ2) is 8.40. The van der Waals surface area contributed by atoms with Crippen LogP contribution in [0.4, 0.5) is 4.79 Å². The van der Waals surface area contributed by atoms with Gasteiger partial charge in [-0.3, -0.25) is 9.59 Å². The van der Waals surface area contributed by atoms with Gasteiger partial charge in [-0.1, -0.05) is 48.5 Å². The Balaban J connectivity index is 1.04. The van der Waals surface area contributed by atoms with E-state index in [9.17, 15) is 14.4 Å². The van der Waals surface area contributed by atoms with E-state index in [-0.39, 0.29) is 42.2 Å². The second-order valence-corrected chi connectivity index (χ2v) is 10.7. The number of benzene rings is 2. The van der Waals surface area contributed by atoms with Crippen molar-refractivity contribution in [2.24, 2.45) is 17.3 Å². The van der Waals surface area contributed by atoms with Crippen molar-refractivity contribution in [3.8, 4) is 11.1 Å². The first kappa shape index (κ1) is 22.1. The average molecular weight is 475 g/mol. The Bertz CT molecular complexity index is 1150. The van der Waals surface area contributed by atoms with Crippen molar-refractivity contribution in [1.29, 1.82) is 0 Å². The summed E-state index contributed by atoms with van der Waals surface area (Å²) < 4.78 is 5.69. The highest BCUT2D eigenvalue weighted by atomic mass is 16.5. The maximum Gasteiger partial charge on any atom is 0.407 e. The summed E-state index contributed by atoms with van der Waals surface area (Å²) in [4.78, 5) is 38.8. The molecule has 2 N–H and O–H groups in total. The third-order valence-corrected chi connectivity index (χ3v) is 8.54. The molecule has 182 valence electrons. The number of hydrogen-bond donors (Lipinski definition) is 2. The summed E-state index contributed by atoms with van der Waals surface area (Å²) >= 11 is 0. The third kappa shape index (κ3) is 3.87. The van der Waals surface area contributed by atoms with Crippen LogP contribution in [0.1, 0.15) is 49.1 Å². The molecule has 1 saturated heterocycles. The standard InChI is InChI=1S/C28H30N2O5/c31-25(32)11-17-9-10-30(15-17)26(33)28-13-18(28)12-19(14-28)29-27(34)35-16-24-22-7-3-1-5-20(22)21-6-2-4-8-23(21)24/h1-8,17-19,24H,9-16H2,(H,29,34)(H,31,32)/t17?,18-,19+,28+/m1/s1. The molecule has 7 heteroatoms. The number of carboxylic acid groups (broad SMARTS) is 1. The summed E-state index contributed by atoms with van der Waals surface area (Å²) in [6, 6.07) is 16.4. The van der Waals surface area contributed by atoms with Crippen LogP contribution in [0.25, 0.3) is 11.1 Å². The molecule has 2 saturated carbocycles. The van der Waals surface area contributed by atoms with Gasteiger partial charge >= 0.3 is 12.1 Å². The number of carboxylic acids is 1. The van der Waals surface area contributed by atoms with Crippen molar-refractivity contribution < 1.29 is 24.2 Å². The van der Waals surface area contributed by atoms with Crippen LogP contribution < -0.4 is 5.32 Å². The van der Waals surface area contributed by atoms with E-state index >= 15 is 0 Å². The normalized spacial score (nSPS) is 28.2. The summed E-state index contributed by atoms with van der Waals surface area (Å²) in [7, 11) is 0. The maximum absolute atomic E-state index is 13.2. The van der Waals surface area contributed by atoms with Crippen molar-refractivity contribution in [3.63, 3.8) is 0 Å². The van der Waals surface area contributed by atoms with E-state index in [0.29, 0.717) is 25.4 Å². The third-order valence-electron chi connectivity index (χ3n) is 8.54. The van der Waals surface area contributed by atoms with E-state index in [0.717, 1.165) is 19.3 Å². The van der Waals surface area contributed by atoms with Gasteiger partial charge < -0.3 is 20.1 Å². The predicted molar refractivity (Wildman–Crippen MR) is 129 cm³/mol. The topological polar surface area (TPSA) is 95.9 Å². The minimum atomic E-state index is -0.806. The maximum atomic E-state index is 13.2. The van der Waals surface area contributed by atoms with E-state index in [1.165, 1.54) is 22.3 Å². The van der Waals surface area contributed by atoms with Crippen LogP contribution in [-0.4, -0.2) is 53.7 Å². The first-order valence-electron chi connectivity index (χ1n) is 12.6. The van der Waals surface area contributed by atoms with Crippen LogP contribution in [0.5, 0.6) is 0 Å². The summed E-state index contributed by atoms with van der Waals surface area (Å²) in [5.41, 5.74) is 4.38. The molecule has 7 nitrogen and oxygen atoms in total. The van der Waals surface area contributed by atoms with Crippen LogP contribution in [0, 0.1) is 17.3 Å². The molecule has 2 aromatic rings. The van der Waals surface area contributed by atoms with Crippen LogP contribution in [0.2, 0.25) is 0 Å². The molecule has 4 atom stereocenters. The van der Waals surface area contributed by atoms with Crippen molar-refractivity contribution in [2.45, 2.75) is 44.1 Å². The van der Waals surface area contributed by atoms with Crippen molar-refractivity contribution in [3.05, 3.63) is 59.7 Å². The van der Waals surface area contributed by atoms with E-state index < -0.39 is 12.1 Å². The molecule has 1 heterocycles. The van der Waals surface area contributed by atoms with Crippen molar-refractivity contribution >= 4 is 18.0 Å². The Morgan fingerprint density at radius 1 is 1.03 bits per heavy atom. The van der Waals surface area contributed by atoms with Gasteiger partial charge in [0.15, 0.2) is 0 Å². The summed E-state index contributed by atoms with van der Waals surface area (Å²) in [5.74, 6) is -0.298. The van der Waals surface area contributed by atoms with E-state index in [2.05, 4.69) is 29.6 Å². The Morgan fingerprint density at radius 2 is 1.71 bits per heavy atom. The number of ether oxygens (including phenoxy) is 1. The van der Waals surface area contributed by atoms with Crippen LogP contribution in [0.3, 0.4) is 0 Å². The fourth-order valence-electron chi connectivity index (χ4n) is 6.82. The monoisotopic (exact) mass is 474 g/mol. The van der Waals surface area contributed by atoms with Gasteiger partial charge in [0.2, 0.25) is 5.91 Å². The number of carbonyl (C=O) groups excluding carboxylic acids is 2. The zero-order valence-electron chi connectivity index (χ0n) is 19.6. The molecule has 0 spiro atoms. The Hall–Kier alpha value is -3.35. The van der Waals surface area contributed by atoms with E-state index in [4.69, 9.17) is 9.84 Å². The fraction of sp³-hybridized carbons (Fsp3) is 0.464. The first-order chi connectivity index (χ1) is 16.9. The molecule has 1 aliphatic heterocycles. The van der Waals surface area contributed by atoms with Gasteiger partial charge in [-0.2, -0.15) is 0 Å². The van der Waals surface area contributed by atoms with Gasteiger partial charge in [-0.25, -0.2) is 4.79 Å². The number of rotatable bonds is 6.